The van der Waals surface area contributed by atoms with E-state index in [1.807, 2.05) is 50.2 Å². The molecule has 0 heterocycles. The lowest BCUT2D eigenvalue weighted by atomic mass is 9.88. The van der Waals surface area contributed by atoms with E-state index in [-0.39, 0.29) is 24.3 Å². The lowest BCUT2D eigenvalue weighted by molar-refractivity contribution is -0.123. The fourth-order valence-corrected chi connectivity index (χ4v) is 1.74. The Hall–Kier alpha value is -1.82. The predicted octanol–water partition coefficient (Wildman–Crippen LogP) is 2.07. The summed E-state index contributed by atoms with van der Waals surface area (Å²) in [6, 6.07) is 11.6. The van der Waals surface area contributed by atoms with Gasteiger partial charge in [0, 0.05) is 0 Å². The van der Waals surface area contributed by atoms with Crippen molar-refractivity contribution in [2.24, 2.45) is 5.92 Å². The highest BCUT2D eigenvalue weighted by molar-refractivity contribution is 5.84. The van der Waals surface area contributed by atoms with Crippen LogP contribution in [0.2, 0.25) is 0 Å². The molecule has 0 aliphatic carbocycles. The van der Waals surface area contributed by atoms with Gasteiger partial charge in [-0.05, 0) is 11.5 Å². The maximum Gasteiger partial charge on any atom is 0.228 e. The third-order valence-electron chi connectivity index (χ3n) is 2.45. The van der Waals surface area contributed by atoms with Gasteiger partial charge in [0.2, 0.25) is 5.91 Å². The van der Waals surface area contributed by atoms with Crippen LogP contribution in [0, 0.1) is 17.2 Å². The van der Waals surface area contributed by atoms with Crippen molar-refractivity contribution in [3.05, 3.63) is 35.9 Å². The van der Waals surface area contributed by atoms with Gasteiger partial charge < -0.3 is 5.32 Å². The van der Waals surface area contributed by atoms with Gasteiger partial charge in [-0.25, -0.2) is 0 Å². The molecule has 1 aromatic carbocycles. The first-order valence-electron chi connectivity index (χ1n) is 5.36. The highest BCUT2D eigenvalue weighted by Gasteiger charge is 2.23. The number of nitriles is 1. The van der Waals surface area contributed by atoms with Crippen molar-refractivity contribution in [2.75, 3.05) is 6.54 Å². The molecule has 1 amide bonds. The van der Waals surface area contributed by atoms with E-state index in [0.717, 1.165) is 5.56 Å². The summed E-state index contributed by atoms with van der Waals surface area (Å²) in [4.78, 5) is 11.9. The monoisotopic (exact) mass is 216 g/mol. The van der Waals surface area contributed by atoms with Gasteiger partial charge in [-0.15, -0.1) is 0 Å². The first-order chi connectivity index (χ1) is 7.66. The summed E-state index contributed by atoms with van der Waals surface area (Å²) < 4.78 is 0. The van der Waals surface area contributed by atoms with Crippen molar-refractivity contribution in [3.8, 4) is 6.07 Å². The van der Waals surface area contributed by atoms with E-state index in [1.165, 1.54) is 0 Å². The summed E-state index contributed by atoms with van der Waals surface area (Å²) in [5, 5.41) is 11.1. The van der Waals surface area contributed by atoms with E-state index in [4.69, 9.17) is 5.26 Å². The van der Waals surface area contributed by atoms with Crippen molar-refractivity contribution in [2.45, 2.75) is 19.8 Å². The average Bonchev–Trinajstić information content (AvgIpc) is 2.27. The minimum atomic E-state index is -0.186. The topological polar surface area (TPSA) is 52.9 Å². The Labute approximate surface area is 96.1 Å². The number of nitrogens with zero attached hydrogens (tertiary/aromatic N) is 1. The lowest BCUT2D eigenvalue weighted by Gasteiger charge is -2.19. The van der Waals surface area contributed by atoms with Crippen LogP contribution in [-0.2, 0) is 4.79 Å². The molecule has 0 fully saturated rings. The zero-order valence-corrected chi connectivity index (χ0v) is 9.60. The molecule has 1 N–H and O–H groups in total. The van der Waals surface area contributed by atoms with Crippen molar-refractivity contribution in [3.63, 3.8) is 0 Å². The molecule has 1 aromatic rings. The average molecular weight is 216 g/mol. The summed E-state index contributed by atoms with van der Waals surface area (Å²) in [5.74, 6) is -0.0570. The molecule has 0 saturated heterocycles. The molecule has 0 saturated carbocycles. The van der Waals surface area contributed by atoms with Crippen LogP contribution in [-0.4, -0.2) is 12.5 Å². The van der Waals surface area contributed by atoms with Gasteiger partial charge in [-0.3, -0.25) is 4.79 Å². The minimum Gasteiger partial charge on any atom is -0.342 e. The molecule has 0 aliphatic heterocycles. The fourth-order valence-electron chi connectivity index (χ4n) is 1.74. The van der Waals surface area contributed by atoms with Crippen LogP contribution in [0.4, 0.5) is 0 Å². The predicted molar refractivity (Wildman–Crippen MR) is 62.6 cm³/mol. The van der Waals surface area contributed by atoms with Crippen LogP contribution in [0.15, 0.2) is 30.3 Å². The molecular formula is C13H16N2O. The largest absolute Gasteiger partial charge is 0.342 e. The second-order valence-corrected chi connectivity index (χ2v) is 4.01. The van der Waals surface area contributed by atoms with Gasteiger partial charge >= 0.3 is 0 Å². The second kappa shape index (κ2) is 5.92. The molecule has 3 heteroatoms. The molecule has 0 bridgehead atoms. The molecule has 1 atom stereocenters. The minimum absolute atomic E-state index is 0.0644. The molecule has 3 nitrogen and oxygen atoms in total. The first kappa shape index (κ1) is 12.3. The number of hydrogen-bond donors (Lipinski definition) is 1. The summed E-state index contributed by atoms with van der Waals surface area (Å²) in [5.41, 5.74) is 0.993. The Morgan fingerprint density at radius 3 is 2.50 bits per heavy atom. The van der Waals surface area contributed by atoms with Gasteiger partial charge in [0.15, 0.2) is 0 Å². The van der Waals surface area contributed by atoms with Crippen LogP contribution in [0.3, 0.4) is 0 Å². The van der Waals surface area contributed by atoms with E-state index >= 15 is 0 Å². The Morgan fingerprint density at radius 2 is 2.00 bits per heavy atom. The van der Waals surface area contributed by atoms with Gasteiger partial charge in [0.1, 0.15) is 6.54 Å². The highest BCUT2D eigenvalue weighted by Crippen LogP contribution is 2.24. The highest BCUT2D eigenvalue weighted by atomic mass is 16.1. The van der Waals surface area contributed by atoms with E-state index in [9.17, 15) is 4.79 Å². The lowest BCUT2D eigenvalue weighted by Crippen LogP contribution is -2.32. The Bertz CT molecular complexity index is 379. The maximum atomic E-state index is 11.9. The number of benzene rings is 1. The molecule has 0 aliphatic rings. The van der Waals surface area contributed by atoms with Crippen molar-refractivity contribution >= 4 is 5.91 Å². The van der Waals surface area contributed by atoms with Crippen LogP contribution in [0.5, 0.6) is 0 Å². The number of amides is 1. The molecule has 0 unspecified atom stereocenters. The number of hydrogen-bond acceptors (Lipinski definition) is 2. The summed E-state index contributed by atoms with van der Waals surface area (Å²) in [6.07, 6.45) is 0. The molecular weight excluding hydrogens is 200 g/mol. The zero-order valence-electron chi connectivity index (χ0n) is 9.60. The third-order valence-corrected chi connectivity index (χ3v) is 2.45. The fraction of sp³-hybridized carbons (Fsp3) is 0.385. The smallest absolute Gasteiger partial charge is 0.228 e. The first-order valence-corrected chi connectivity index (χ1v) is 5.36. The van der Waals surface area contributed by atoms with Crippen molar-refractivity contribution < 1.29 is 4.79 Å². The Kier molecular flexibility index (Phi) is 4.53. The molecule has 1 rings (SSSR count). The summed E-state index contributed by atoms with van der Waals surface area (Å²) in [6.45, 7) is 4.07. The number of nitrogens with one attached hydrogen (secondary N) is 1. The van der Waals surface area contributed by atoms with E-state index < -0.39 is 0 Å². The van der Waals surface area contributed by atoms with E-state index in [0.29, 0.717) is 0 Å². The second-order valence-electron chi connectivity index (χ2n) is 4.01. The standard InChI is InChI=1S/C13H16N2O/c1-10(2)12(13(16)15-9-8-14)11-6-4-3-5-7-11/h3-7,10,12H,9H2,1-2H3,(H,15,16)/t12-/m0/s1. The third kappa shape index (κ3) is 3.09. The van der Waals surface area contributed by atoms with Gasteiger partial charge in [-0.2, -0.15) is 5.26 Å². The zero-order chi connectivity index (χ0) is 12.0. The normalized spacial score (nSPS) is 11.9. The summed E-state index contributed by atoms with van der Waals surface area (Å²) >= 11 is 0. The molecule has 84 valence electrons. The molecule has 0 spiro atoms. The van der Waals surface area contributed by atoms with Crippen molar-refractivity contribution in [1.82, 2.24) is 5.32 Å². The van der Waals surface area contributed by atoms with Crippen LogP contribution < -0.4 is 5.32 Å². The summed E-state index contributed by atoms with van der Waals surface area (Å²) in [7, 11) is 0. The van der Waals surface area contributed by atoms with Crippen LogP contribution in [0.25, 0.3) is 0 Å². The van der Waals surface area contributed by atoms with Gasteiger partial charge in [-0.1, -0.05) is 44.2 Å². The number of rotatable bonds is 4. The van der Waals surface area contributed by atoms with E-state index in [2.05, 4.69) is 5.32 Å². The maximum absolute atomic E-state index is 11.9. The van der Waals surface area contributed by atoms with Gasteiger partial charge in [0.05, 0.1) is 12.0 Å². The Morgan fingerprint density at radius 1 is 1.38 bits per heavy atom. The SMILES string of the molecule is CC(C)[C@H](C(=O)NCC#N)c1ccccc1. The number of carbonyl (C=O) groups excluding carboxylic acids is 1. The van der Waals surface area contributed by atoms with Crippen LogP contribution in [0.1, 0.15) is 25.3 Å². The van der Waals surface area contributed by atoms with Crippen LogP contribution >= 0.6 is 0 Å². The Balaban J connectivity index is 2.84. The molecule has 16 heavy (non-hydrogen) atoms. The van der Waals surface area contributed by atoms with E-state index in [1.54, 1.807) is 0 Å². The van der Waals surface area contributed by atoms with Crippen molar-refractivity contribution in [1.29, 1.82) is 5.26 Å². The quantitative estimate of drug-likeness (QED) is 0.783. The van der Waals surface area contributed by atoms with Gasteiger partial charge in [0.25, 0.3) is 0 Å². The molecule has 0 aromatic heterocycles. The molecule has 0 radical (unpaired) electrons. The number of carbonyl (C=O) groups is 1.